The second-order valence-corrected chi connectivity index (χ2v) is 1.83. The summed E-state index contributed by atoms with van der Waals surface area (Å²) in [6.45, 7) is 1.37. The van der Waals surface area contributed by atoms with Crippen LogP contribution in [-0.4, -0.2) is 22.6 Å². The summed E-state index contributed by atoms with van der Waals surface area (Å²) in [6.07, 6.45) is 0. The van der Waals surface area contributed by atoms with Crippen LogP contribution in [0, 0.1) is 10.1 Å². The number of nitro groups is 1. The Morgan fingerprint density at radius 1 is 1.80 bits per heavy atom. The number of nitrogens with zero attached hydrogens (tertiary/aromatic N) is 2. The number of rotatable bonds is 1. The van der Waals surface area contributed by atoms with E-state index in [1.807, 2.05) is 0 Å². The van der Waals surface area contributed by atoms with Gasteiger partial charge in [0.05, 0.1) is 0 Å². The molecule has 1 aliphatic heterocycles. The average Bonchev–Trinajstić information content (AvgIpc) is 2.11. The third-order valence-electron chi connectivity index (χ3n) is 1.11. The Morgan fingerprint density at radius 2 is 2.40 bits per heavy atom. The Morgan fingerprint density at radius 3 is 2.60 bits per heavy atom. The first-order chi connectivity index (χ1) is 4.63. The van der Waals surface area contributed by atoms with Crippen LogP contribution < -0.4 is 0 Å². The minimum absolute atomic E-state index is 0.0926. The zero-order chi connectivity index (χ0) is 7.72. The molecular weight excluding hydrogens is 140 g/mol. The van der Waals surface area contributed by atoms with E-state index in [9.17, 15) is 14.9 Å². The van der Waals surface area contributed by atoms with Crippen molar-refractivity contribution in [1.82, 2.24) is 0 Å². The summed E-state index contributed by atoms with van der Waals surface area (Å²) in [5.74, 6) is -0.914. The lowest BCUT2D eigenvalue weighted by molar-refractivity contribution is -0.490. The summed E-state index contributed by atoms with van der Waals surface area (Å²) in [5.41, 5.74) is 0.0926. The summed E-state index contributed by atoms with van der Waals surface area (Å²) >= 11 is 0. The van der Waals surface area contributed by atoms with Gasteiger partial charge in [-0.25, -0.2) is 4.79 Å². The van der Waals surface area contributed by atoms with Gasteiger partial charge in [-0.05, 0) is 6.92 Å². The molecule has 0 radical (unpaired) electrons. The second-order valence-electron chi connectivity index (χ2n) is 1.83. The summed E-state index contributed by atoms with van der Waals surface area (Å²) in [5, 5.41) is 13.2. The lowest BCUT2D eigenvalue weighted by Gasteiger charge is -1.93. The van der Waals surface area contributed by atoms with Gasteiger partial charge < -0.3 is 4.84 Å². The van der Waals surface area contributed by atoms with Crippen molar-refractivity contribution in [2.75, 3.05) is 0 Å². The van der Waals surface area contributed by atoms with Gasteiger partial charge in [0.2, 0.25) is 0 Å². The van der Waals surface area contributed by atoms with Gasteiger partial charge in [-0.3, -0.25) is 10.1 Å². The molecule has 1 rings (SSSR count). The quantitative estimate of drug-likeness (QED) is 0.284. The summed E-state index contributed by atoms with van der Waals surface area (Å²) in [7, 11) is 0. The molecule has 0 aromatic heterocycles. The van der Waals surface area contributed by atoms with Crippen LogP contribution in [0.4, 0.5) is 0 Å². The predicted molar refractivity (Wildman–Crippen MR) is 30.0 cm³/mol. The van der Waals surface area contributed by atoms with Gasteiger partial charge >= 0.3 is 12.0 Å². The highest BCUT2D eigenvalue weighted by atomic mass is 16.7. The van der Waals surface area contributed by atoms with Crippen molar-refractivity contribution in [2.45, 2.75) is 13.0 Å². The number of oxime groups is 1. The molecule has 1 atom stereocenters. The molecule has 0 aromatic rings. The third-order valence-corrected chi connectivity index (χ3v) is 1.11. The fourth-order valence-corrected chi connectivity index (χ4v) is 0.626. The summed E-state index contributed by atoms with van der Waals surface area (Å²) in [6, 6.07) is -1.39. The molecule has 1 aliphatic rings. The van der Waals surface area contributed by atoms with Gasteiger partial charge in [0.1, 0.15) is 5.71 Å². The normalized spacial score (nSPS) is 23.9. The monoisotopic (exact) mass is 144 g/mol. The van der Waals surface area contributed by atoms with Gasteiger partial charge in [-0.15, -0.1) is 0 Å². The Balaban J connectivity index is 2.84. The van der Waals surface area contributed by atoms with E-state index in [4.69, 9.17) is 0 Å². The Kier molecular flexibility index (Phi) is 1.37. The van der Waals surface area contributed by atoms with Gasteiger partial charge in [0.15, 0.2) is 0 Å². The lowest BCUT2D eigenvalue weighted by Crippen LogP contribution is -2.31. The standard InChI is InChI=1S/C4H4N2O4/c1-2-3(6(8)9)4(7)10-5-2/h3H,1H3. The van der Waals surface area contributed by atoms with E-state index in [-0.39, 0.29) is 5.71 Å². The number of hydrogen-bond acceptors (Lipinski definition) is 5. The minimum Gasteiger partial charge on any atom is -0.310 e. The Labute approximate surface area is 55.6 Å². The first-order valence-corrected chi connectivity index (χ1v) is 2.52. The molecule has 0 aromatic carbocycles. The fourth-order valence-electron chi connectivity index (χ4n) is 0.626. The van der Waals surface area contributed by atoms with Crippen LogP contribution in [0.2, 0.25) is 0 Å². The maximum atomic E-state index is 10.4. The molecule has 0 fully saturated rings. The van der Waals surface area contributed by atoms with E-state index < -0.39 is 16.9 Å². The number of carbonyl (C=O) groups excluding carboxylic acids is 1. The van der Waals surface area contributed by atoms with Crippen molar-refractivity contribution in [3.8, 4) is 0 Å². The van der Waals surface area contributed by atoms with Crippen molar-refractivity contribution >= 4 is 11.7 Å². The highest BCUT2D eigenvalue weighted by molar-refractivity contribution is 6.06. The fraction of sp³-hybridized carbons (Fsp3) is 0.500. The van der Waals surface area contributed by atoms with E-state index in [0.717, 1.165) is 0 Å². The van der Waals surface area contributed by atoms with Crippen molar-refractivity contribution in [2.24, 2.45) is 5.16 Å². The van der Waals surface area contributed by atoms with Crippen molar-refractivity contribution in [3.63, 3.8) is 0 Å². The van der Waals surface area contributed by atoms with Crippen LogP contribution in [0.5, 0.6) is 0 Å². The van der Waals surface area contributed by atoms with E-state index in [2.05, 4.69) is 9.99 Å². The lowest BCUT2D eigenvalue weighted by atomic mass is 10.2. The van der Waals surface area contributed by atoms with E-state index in [1.165, 1.54) is 6.92 Å². The molecule has 0 bridgehead atoms. The first kappa shape index (κ1) is 6.66. The van der Waals surface area contributed by atoms with Gasteiger partial charge in [0.25, 0.3) is 0 Å². The van der Waals surface area contributed by atoms with Crippen molar-refractivity contribution in [3.05, 3.63) is 10.1 Å². The molecule has 6 heteroatoms. The summed E-state index contributed by atoms with van der Waals surface area (Å²) in [4.78, 5) is 23.8. The highest BCUT2D eigenvalue weighted by Gasteiger charge is 2.40. The maximum Gasteiger partial charge on any atom is 0.414 e. The first-order valence-electron chi connectivity index (χ1n) is 2.52. The Bertz CT molecular complexity index is 221. The molecule has 6 nitrogen and oxygen atoms in total. The average molecular weight is 144 g/mol. The Hall–Kier alpha value is -1.46. The molecule has 0 amide bonds. The summed E-state index contributed by atoms with van der Waals surface area (Å²) < 4.78 is 0. The smallest absolute Gasteiger partial charge is 0.310 e. The van der Waals surface area contributed by atoms with Crippen molar-refractivity contribution in [1.29, 1.82) is 0 Å². The molecular formula is C4H4N2O4. The molecule has 0 aliphatic carbocycles. The van der Waals surface area contributed by atoms with Crippen LogP contribution >= 0.6 is 0 Å². The van der Waals surface area contributed by atoms with Crippen LogP contribution in [0.3, 0.4) is 0 Å². The third kappa shape index (κ3) is 0.831. The highest BCUT2D eigenvalue weighted by Crippen LogP contribution is 2.05. The van der Waals surface area contributed by atoms with E-state index in [1.54, 1.807) is 0 Å². The zero-order valence-corrected chi connectivity index (χ0v) is 5.10. The molecule has 0 N–H and O–H groups in total. The van der Waals surface area contributed by atoms with Crippen molar-refractivity contribution < 1.29 is 14.6 Å². The SMILES string of the molecule is CC1=NOC(=O)C1[N+](=O)[O-]. The molecule has 0 spiro atoms. The maximum absolute atomic E-state index is 10.4. The second kappa shape index (κ2) is 2.05. The molecule has 0 saturated heterocycles. The largest absolute Gasteiger partial charge is 0.414 e. The molecule has 54 valence electrons. The molecule has 10 heavy (non-hydrogen) atoms. The zero-order valence-electron chi connectivity index (χ0n) is 5.10. The molecule has 1 unspecified atom stereocenters. The van der Waals surface area contributed by atoms with Gasteiger partial charge in [-0.1, -0.05) is 5.16 Å². The van der Waals surface area contributed by atoms with Crippen LogP contribution in [0.1, 0.15) is 6.92 Å². The minimum atomic E-state index is -1.39. The molecule has 0 saturated carbocycles. The van der Waals surface area contributed by atoms with Crippen LogP contribution in [0.25, 0.3) is 0 Å². The van der Waals surface area contributed by atoms with E-state index in [0.29, 0.717) is 0 Å². The number of hydrogen-bond donors (Lipinski definition) is 0. The van der Waals surface area contributed by atoms with Crippen LogP contribution in [0.15, 0.2) is 5.16 Å². The van der Waals surface area contributed by atoms with Gasteiger partial charge in [0, 0.05) is 4.92 Å². The number of carbonyl (C=O) groups is 1. The van der Waals surface area contributed by atoms with E-state index >= 15 is 0 Å². The predicted octanol–water partition coefficient (Wildman–Crippen LogP) is -0.436. The molecule has 1 heterocycles. The van der Waals surface area contributed by atoms with Crippen LogP contribution in [-0.2, 0) is 9.63 Å². The topological polar surface area (TPSA) is 81.8 Å². The van der Waals surface area contributed by atoms with Gasteiger partial charge in [-0.2, -0.15) is 0 Å².